The third-order valence-corrected chi connectivity index (χ3v) is 1.60. The van der Waals surface area contributed by atoms with Gasteiger partial charge in [0.25, 0.3) is 0 Å². The Balaban J connectivity index is 2.63. The van der Waals surface area contributed by atoms with Gasteiger partial charge in [-0.3, -0.25) is 0 Å². The standard InChI is InChI=1S/C7H12FN3O/c1-2-7(12)6-5-11(4-3-8)10-9-6/h5,7,12H,2-4H2,1H3. The Hall–Kier alpha value is -0.970. The van der Waals surface area contributed by atoms with Crippen molar-refractivity contribution < 1.29 is 9.50 Å². The van der Waals surface area contributed by atoms with Crippen LogP contribution in [-0.4, -0.2) is 26.8 Å². The van der Waals surface area contributed by atoms with Crippen molar-refractivity contribution in [3.05, 3.63) is 11.9 Å². The van der Waals surface area contributed by atoms with Gasteiger partial charge in [0, 0.05) is 0 Å². The molecule has 0 aliphatic rings. The van der Waals surface area contributed by atoms with Crippen LogP contribution in [0.25, 0.3) is 0 Å². The van der Waals surface area contributed by atoms with Gasteiger partial charge in [-0.25, -0.2) is 9.07 Å². The Morgan fingerprint density at radius 1 is 1.75 bits per heavy atom. The summed E-state index contributed by atoms with van der Waals surface area (Å²) in [5, 5.41) is 16.6. The number of nitrogens with zero attached hydrogens (tertiary/aromatic N) is 3. The van der Waals surface area contributed by atoms with Gasteiger partial charge >= 0.3 is 0 Å². The summed E-state index contributed by atoms with van der Waals surface area (Å²) in [6.45, 7) is 1.58. The van der Waals surface area contributed by atoms with Crippen LogP contribution < -0.4 is 0 Å². The summed E-state index contributed by atoms with van der Waals surface area (Å²) in [6, 6.07) is 0. The van der Waals surface area contributed by atoms with Crippen molar-refractivity contribution in [1.29, 1.82) is 0 Å². The first-order valence-electron chi connectivity index (χ1n) is 3.92. The van der Waals surface area contributed by atoms with Crippen molar-refractivity contribution in [3.63, 3.8) is 0 Å². The highest BCUT2D eigenvalue weighted by Crippen LogP contribution is 2.11. The molecule has 0 aliphatic carbocycles. The lowest BCUT2D eigenvalue weighted by Crippen LogP contribution is -1.99. The minimum Gasteiger partial charge on any atom is -0.387 e. The highest BCUT2D eigenvalue weighted by atomic mass is 19.1. The zero-order valence-electron chi connectivity index (χ0n) is 6.94. The highest BCUT2D eigenvalue weighted by Gasteiger charge is 2.08. The molecule has 0 aliphatic heterocycles. The predicted molar refractivity (Wildman–Crippen MR) is 41.2 cm³/mol. The number of aryl methyl sites for hydroxylation is 1. The lowest BCUT2D eigenvalue weighted by atomic mass is 10.2. The van der Waals surface area contributed by atoms with Gasteiger partial charge in [0.15, 0.2) is 0 Å². The number of aliphatic hydroxyl groups is 1. The zero-order valence-corrected chi connectivity index (χ0v) is 6.94. The van der Waals surface area contributed by atoms with Crippen LogP contribution >= 0.6 is 0 Å². The fourth-order valence-corrected chi connectivity index (χ4v) is 0.871. The van der Waals surface area contributed by atoms with Gasteiger partial charge in [-0.15, -0.1) is 5.10 Å². The first-order valence-corrected chi connectivity index (χ1v) is 3.92. The average Bonchev–Trinajstić information content (AvgIpc) is 2.52. The molecule has 0 bridgehead atoms. The fraction of sp³-hybridized carbons (Fsp3) is 0.714. The third-order valence-electron chi connectivity index (χ3n) is 1.60. The van der Waals surface area contributed by atoms with Gasteiger partial charge in [-0.05, 0) is 6.42 Å². The Labute approximate surface area is 70.0 Å². The van der Waals surface area contributed by atoms with Crippen LogP contribution in [0.5, 0.6) is 0 Å². The molecule has 5 heteroatoms. The second-order valence-corrected chi connectivity index (χ2v) is 2.52. The Morgan fingerprint density at radius 3 is 3.08 bits per heavy atom. The molecule has 1 N–H and O–H groups in total. The molecule has 1 heterocycles. The van der Waals surface area contributed by atoms with E-state index in [-0.39, 0.29) is 6.54 Å². The SMILES string of the molecule is CCC(O)c1cn(CCF)nn1. The van der Waals surface area contributed by atoms with E-state index in [0.29, 0.717) is 12.1 Å². The van der Waals surface area contributed by atoms with Crippen LogP contribution in [0.1, 0.15) is 25.1 Å². The molecule has 68 valence electrons. The molecule has 0 radical (unpaired) electrons. The molecule has 0 fully saturated rings. The first-order chi connectivity index (χ1) is 5.77. The molecular weight excluding hydrogens is 161 g/mol. The monoisotopic (exact) mass is 173 g/mol. The van der Waals surface area contributed by atoms with Crippen LogP contribution in [-0.2, 0) is 6.54 Å². The van der Waals surface area contributed by atoms with E-state index in [1.807, 2.05) is 6.92 Å². The summed E-state index contributed by atoms with van der Waals surface area (Å²) < 4.78 is 13.2. The normalized spacial score (nSPS) is 13.2. The number of aliphatic hydroxyl groups excluding tert-OH is 1. The smallest absolute Gasteiger partial charge is 0.111 e. The summed E-state index contributed by atoms with van der Waals surface area (Å²) in [5.74, 6) is 0. The van der Waals surface area contributed by atoms with Crippen LogP contribution in [0.2, 0.25) is 0 Å². The second-order valence-electron chi connectivity index (χ2n) is 2.52. The fourth-order valence-electron chi connectivity index (χ4n) is 0.871. The second kappa shape index (κ2) is 4.15. The molecule has 1 rings (SSSR count). The molecular formula is C7H12FN3O. The van der Waals surface area contributed by atoms with Gasteiger partial charge < -0.3 is 5.11 Å². The van der Waals surface area contributed by atoms with E-state index < -0.39 is 12.8 Å². The first kappa shape index (κ1) is 9.12. The maximum Gasteiger partial charge on any atom is 0.111 e. The molecule has 0 saturated carbocycles. The van der Waals surface area contributed by atoms with Crippen molar-refractivity contribution in [2.75, 3.05) is 6.67 Å². The van der Waals surface area contributed by atoms with E-state index >= 15 is 0 Å². The maximum absolute atomic E-state index is 11.8. The topological polar surface area (TPSA) is 50.9 Å². The Kier molecular flexibility index (Phi) is 3.16. The van der Waals surface area contributed by atoms with Gasteiger partial charge in [0.05, 0.1) is 18.8 Å². The summed E-state index contributed by atoms with van der Waals surface area (Å²) >= 11 is 0. The number of hydrogen-bond acceptors (Lipinski definition) is 3. The quantitative estimate of drug-likeness (QED) is 0.728. The number of alkyl halides is 1. The number of halogens is 1. The van der Waals surface area contributed by atoms with Gasteiger partial charge in [-0.2, -0.15) is 0 Å². The Bertz CT molecular complexity index is 238. The van der Waals surface area contributed by atoms with Crippen molar-refractivity contribution >= 4 is 0 Å². The van der Waals surface area contributed by atoms with E-state index in [1.54, 1.807) is 6.20 Å². The molecule has 0 aromatic carbocycles. The van der Waals surface area contributed by atoms with Gasteiger partial charge in [0.1, 0.15) is 12.4 Å². The Morgan fingerprint density at radius 2 is 2.50 bits per heavy atom. The van der Waals surface area contributed by atoms with Crippen LogP contribution in [0.3, 0.4) is 0 Å². The molecule has 1 unspecified atom stereocenters. The zero-order chi connectivity index (χ0) is 8.97. The molecule has 1 atom stereocenters. The molecule has 4 nitrogen and oxygen atoms in total. The van der Waals surface area contributed by atoms with Crippen molar-refractivity contribution in [2.45, 2.75) is 26.0 Å². The van der Waals surface area contributed by atoms with Crippen LogP contribution in [0, 0.1) is 0 Å². The molecule has 12 heavy (non-hydrogen) atoms. The van der Waals surface area contributed by atoms with E-state index in [2.05, 4.69) is 10.3 Å². The van der Waals surface area contributed by atoms with Crippen molar-refractivity contribution in [3.8, 4) is 0 Å². The van der Waals surface area contributed by atoms with Crippen molar-refractivity contribution in [2.24, 2.45) is 0 Å². The molecule has 1 aromatic rings. The molecule has 1 aromatic heterocycles. The summed E-state index contributed by atoms with van der Waals surface area (Å²) in [6.07, 6.45) is 1.57. The molecule has 0 spiro atoms. The lowest BCUT2D eigenvalue weighted by Gasteiger charge is -1.99. The largest absolute Gasteiger partial charge is 0.387 e. The van der Waals surface area contributed by atoms with Crippen LogP contribution in [0.15, 0.2) is 6.20 Å². The number of hydrogen-bond donors (Lipinski definition) is 1. The van der Waals surface area contributed by atoms with E-state index in [9.17, 15) is 9.50 Å². The van der Waals surface area contributed by atoms with Crippen LogP contribution in [0.4, 0.5) is 4.39 Å². The van der Waals surface area contributed by atoms with Gasteiger partial charge in [0.2, 0.25) is 0 Å². The maximum atomic E-state index is 11.8. The predicted octanol–water partition coefficient (Wildman–Crippen LogP) is 0.691. The molecule has 0 amide bonds. The van der Waals surface area contributed by atoms with Crippen molar-refractivity contribution in [1.82, 2.24) is 15.0 Å². The summed E-state index contributed by atoms with van der Waals surface area (Å²) in [4.78, 5) is 0. The van der Waals surface area contributed by atoms with E-state index in [1.165, 1.54) is 4.68 Å². The molecule has 0 saturated heterocycles. The summed E-state index contributed by atoms with van der Waals surface area (Å²) in [5.41, 5.74) is 0.506. The minimum absolute atomic E-state index is 0.198. The lowest BCUT2D eigenvalue weighted by molar-refractivity contribution is 0.168. The number of aromatic nitrogens is 3. The number of rotatable bonds is 4. The average molecular weight is 173 g/mol. The third kappa shape index (κ3) is 2.01. The van der Waals surface area contributed by atoms with Gasteiger partial charge in [-0.1, -0.05) is 12.1 Å². The van der Waals surface area contributed by atoms with E-state index in [4.69, 9.17) is 0 Å². The minimum atomic E-state index is -0.585. The highest BCUT2D eigenvalue weighted by molar-refractivity contribution is 4.96. The van der Waals surface area contributed by atoms with E-state index in [0.717, 1.165) is 0 Å². The summed E-state index contributed by atoms with van der Waals surface area (Å²) in [7, 11) is 0.